The fourth-order valence-corrected chi connectivity index (χ4v) is 5.65. The highest BCUT2D eigenvalue weighted by Crippen LogP contribution is 2.57. The highest BCUT2D eigenvalue weighted by molar-refractivity contribution is 7.99. The van der Waals surface area contributed by atoms with E-state index < -0.39 is 52.5 Å². The molecule has 178 valence electrons. The summed E-state index contributed by atoms with van der Waals surface area (Å²) in [6.45, 7) is 3.25. The molecule has 1 fully saturated rings. The SMILES string of the molecule is CCCC(CC)Sc1ccn([C@@H]2O[C@H](COP(=O)(O)OP(=O)(O)O)[C@@H](O)[C@H]2O)c(=O)n1. The number of rotatable bonds is 11. The third kappa shape index (κ3) is 7.72. The van der Waals surface area contributed by atoms with E-state index >= 15 is 0 Å². The topological polar surface area (TPSA) is 198 Å². The molecular weight excluding hydrogens is 478 g/mol. The predicted octanol–water partition coefficient (Wildman–Crippen LogP) is 0.760. The van der Waals surface area contributed by atoms with Crippen molar-refractivity contribution >= 4 is 27.4 Å². The van der Waals surface area contributed by atoms with E-state index in [1.807, 2.05) is 6.92 Å². The van der Waals surface area contributed by atoms with Crippen molar-refractivity contribution in [2.75, 3.05) is 6.61 Å². The molecule has 0 spiro atoms. The molecule has 0 radical (unpaired) electrons. The average molecular weight is 504 g/mol. The highest BCUT2D eigenvalue weighted by atomic mass is 32.2. The van der Waals surface area contributed by atoms with Crippen molar-refractivity contribution in [3.05, 3.63) is 22.7 Å². The molecule has 1 aliphatic heterocycles. The molecule has 0 saturated carbocycles. The number of aliphatic hydroxyl groups is 2. The van der Waals surface area contributed by atoms with Crippen LogP contribution in [-0.2, 0) is 22.7 Å². The molecule has 1 aliphatic rings. The summed E-state index contributed by atoms with van der Waals surface area (Å²) < 4.78 is 36.6. The fourth-order valence-electron chi connectivity index (χ4n) is 2.92. The molecule has 0 amide bonds. The average Bonchev–Trinajstić information content (AvgIpc) is 2.93. The molecule has 0 aliphatic carbocycles. The van der Waals surface area contributed by atoms with E-state index in [1.54, 1.807) is 6.07 Å². The Bertz CT molecular complexity index is 894. The molecule has 1 saturated heterocycles. The first-order valence-corrected chi connectivity index (χ1v) is 13.3. The highest BCUT2D eigenvalue weighted by Gasteiger charge is 2.45. The minimum atomic E-state index is -5.31. The van der Waals surface area contributed by atoms with Gasteiger partial charge in [0.15, 0.2) is 6.23 Å². The van der Waals surface area contributed by atoms with Crippen LogP contribution in [0.1, 0.15) is 39.3 Å². The maximum absolute atomic E-state index is 12.4. The lowest BCUT2D eigenvalue weighted by molar-refractivity contribution is -0.0543. The van der Waals surface area contributed by atoms with Gasteiger partial charge in [-0.25, -0.2) is 13.9 Å². The number of hydrogen-bond acceptors (Lipinski definition) is 10. The van der Waals surface area contributed by atoms with Gasteiger partial charge >= 0.3 is 21.3 Å². The van der Waals surface area contributed by atoms with E-state index in [0.717, 1.165) is 23.8 Å². The van der Waals surface area contributed by atoms with E-state index in [1.165, 1.54) is 18.0 Å². The van der Waals surface area contributed by atoms with Gasteiger partial charge in [-0.05, 0) is 18.9 Å². The van der Waals surface area contributed by atoms with Gasteiger partial charge in [0.05, 0.1) is 6.61 Å². The molecule has 5 N–H and O–H groups in total. The smallest absolute Gasteiger partial charge is 0.387 e. The van der Waals surface area contributed by atoms with Crippen LogP contribution in [0.2, 0.25) is 0 Å². The first-order valence-electron chi connectivity index (χ1n) is 9.38. The molecule has 0 bridgehead atoms. The summed E-state index contributed by atoms with van der Waals surface area (Å²) in [6.07, 6.45) is -1.77. The molecule has 13 nitrogen and oxygen atoms in total. The number of phosphoric acid groups is 2. The van der Waals surface area contributed by atoms with Crippen LogP contribution in [-0.4, -0.2) is 64.6 Å². The monoisotopic (exact) mass is 504 g/mol. The predicted molar refractivity (Wildman–Crippen MR) is 108 cm³/mol. The Balaban J connectivity index is 2.08. The Morgan fingerprint density at radius 3 is 2.48 bits per heavy atom. The summed E-state index contributed by atoms with van der Waals surface area (Å²) in [7, 11) is -10.5. The number of aromatic nitrogens is 2. The van der Waals surface area contributed by atoms with Crippen LogP contribution in [0.3, 0.4) is 0 Å². The van der Waals surface area contributed by atoms with E-state index in [0.29, 0.717) is 10.3 Å². The Hall–Kier alpha value is -0.630. The molecular formula is C15H26N2O11P2S. The number of thioether (sulfide) groups is 1. The van der Waals surface area contributed by atoms with Crippen molar-refractivity contribution in [2.24, 2.45) is 0 Å². The fraction of sp³-hybridized carbons (Fsp3) is 0.733. The summed E-state index contributed by atoms with van der Waals surface area (Å²) in [6, 6.07) is 1.58. The lowest BCUT2D eigenvalue weighted by Gasteiger charge is -2.18. The van der Waals surface area contributed by atoms with Crippen molar-refractivity contribution in [1.82, 2.24) is 9.55 Å². The molecule has 6 atom stereocenters. The van der Waals surface area contributed by atoms with Gasteiger partial charge in [-0.15, -0.1) is 11.8 Å². The van der Waals surface area contributed by atoms with Crippen molar-refractivity contribution in [2.45, 2.75) is 67.9 Å². The molecule has 2 unspecified atom stereocenters. The van der Waals surface area contributed by atoms with Gasteiger partial charge in [-0.3, -0.25) is 9.09 Å². The van der Waals surface area contributed by atoms with Crippen LogP contribution >= 0.6 is 27.4 Å². The second-order valence-corrected chi connectivity index (χ2v) is 10.9. The van der Waals surface area contributed by atoms with Crippen molar-refractivity contribution in [3.63, 3.8) is 0 Å². The number of ether oxygens (including phenoxy) is 1. The summed E-state index contributed by atoms with van der Waals surface area (Å²) in [5.74, 6) is 0. The maximum atomic E-state index is 12.4. The summed E-state index contributed by atoms with van der Waals surface area (Å²) >= 11 is 1.46. The van der Waals surface area contributed by atoms with Gasteiger partial charge in [0.25, 0.3) is 0 Å². The van der Waals surface area contributed by atoms with Gasteiger partial charge in [-0.2, -0.15) is 9.29 Å². The zero-order valence-electron chi connectivity index (χ0n) is 16.8. The third-order valence-corrected chi connectivity index (χ3v) is 7.90. The molecule has 1 aromatic rings. The van der Waals surface area contributed by atoms with Gasteiger partial charge < -0.3 is 29.6 Å². The molecule has 31 heavy (non-hydrogen) atoms. The summed E-state index contributed by atoms with van der Waals surface area (Å²) in [5, 5.41) is 21.2. The summed E-state index contributed by atoms with van der Waals surface area (Å²) in [5.41, 5.74) is -0.730. The maximum Gasteiger partial charge on any atom is 0.481 e. The first kappa shape index (κ1) is 26.6. The van der Waals surface area contributed by atoms with Gasteiger partial charge in [0.1, 0.15) is 23.3 Å². The molecule has 1 aromatic heterocycles. The van der Waals surface area contributed by atoms with Crippen LogP contribution in [0.5, 0.6) is 0 Å². The first-order chi connectivity index (χ1) is 14.4. The van der Waals surface area contributed by atoms with Gasteiger partial charge in [-0.1, -0.05) is 20.3 Å². The Kier molecular flexibility index (Phi) is 9.44. The van der Waals surface area contributed by atoms with Gasteiger partial charge in [0, 0.05) is 11.4 Å². The van der Waals surface area contributed by atoms with Crippen LogP contribution in [0.25, 0.3) is 0 Å². The lowest BCUT2D eigenvalue weighted by atomic mass is 10.1. The molecule has 2 rings (SSSR count). The quantitative estimate of drug-likeness (QED) is 0.161. The number of nitrogens with zero attached hydrogens (tertiary/aromatic N) is 2. The second-order valence-electron chi connectivity index (χ2n) is 6.78. The van der Waals surface area contributed by atoms with E-state index in [9.17, 15) is 29.0 Å². The Labute approximate surface area is 182 Å². The zero-order valence-corrected chi connectivity index (χ0v) is 19.4. The van der Waals surface area contributed by atoms with Crippen LogP contribution < -0.4 is 5.69 Å². The normalized spacial score (nSPS) is 27.2. The lowest BCUT2D eigenvalue weighted by Crippen LogP contribution is -2.36. The Morgan fingerprint density at radius 1 is 1.26 bits per heavy atom. The standard InChI is InChI=1S/C15H26N2O11P2S/c1-3-5-9(4-2)31-11-6-7-17(15(20)16-11)14-13(19)12(18)10(27-14)8-26-30(24,25)28-29(21,22)23/h6-7,9-10,12-14,18-19H,3-5,8H2,1-2H3,(H,24,25)(H2,21,22,23)/t9?,10-,12-,13-,14-/m1/s1. The van der Waals surface area contributed by atoms with Gasteiger partial charge in [0.2, 0.25) is 0 Å². The summed E-state index contributed by atoms with van der Waals surface area (Å²) in [4.78, 5) is 42.9. The van der Waals surface area contributed by atoms with Crippen molar-refractivity contribution < 1.29 is 47.6 Å². The third-order valence-electron chi connectivity index (χ3n) is 4.38. The molecule has 16 heteroatoms. The largest absolute Gasteiger partial charge is 0.481 e. The number of phosphoric ester groups is 1. The molecule has 2 heterocycles. The minimum absolute atomic E-state index is 0.300. The van der Waals surface area contributed by atoms with Crippen molar-refractivity contribution in [1.29, 1.82) is 0 Å². The van der Waals surface area contributed by atoms with Crippen molar-refractivity contribution in [3.8, 4) is 0 Å². The Morgan fingerprint density at radius 2 is 1.94 bits per heavy atom. The molecule has 0 aromatic carbocycles. The van der Waals surface area contributed by atoms with Crippen LogP contribution in [0.4, 0.5) is 0 Å². The van der Waals surface area contributed by atoms with Crippen LogP contribution in [0.15, 0.2) is 22.1 Å². The van der Waals surface area contributed by atoms with E-state index in [2.05, 4.69) is 20.7 Å². The number of aliphatic hydroxyl groups excluding tert-OH is 2. The zero-order chi connectivity index (χ0) is 23.4. The second kappa shape index (κ2) is 11.0. The minimum Gasteiger partial charge on any atom is -0.387 e. The van der Waals surface area contributed by atoms with Crippen LogP contribution in [0, 0.1) is 0 Å². The van der Waals surface area contributed by atoms with E-state index in [-0.39, 0.29) is 0 Å². The van der Waals surface area contributed by atoms with E-state index in [4.69, 9.17) is 14.5 Å². The number of hydrogen-bond donors (Lipinski definition) is 5.